The van der Waals surface area contributed by atoms with Crippen LogP contribution in [0, 0.1) is 0 Å². The maximum atomic E-state index is 12.9. The predicted molar refractivity (Wildman–Crippen MR) is 128 cm³/mol. The minimum Gasteiger partial charge on any atom is -0.339 e. The minimum atomic E-state index is -3.83. The van der Waals surface area contributed by atoms with Crippen molar-refractivity contribution in [1.29, 1.82) is 0 Å². The van der Waals surface area contributed by atoms with E-state index in [4.69, 9.17) is 11.6 Å². The molecule has 0 atom stereocenters. The molecule has 0 aliphatic carbocycles. The second-order valence-electron chi connectivity index (χ2n) is 7.70. The average Bonchev–Trinajstić information content (AvgIpc) is 3.23. The summed E-state index contributed by atoms with van der Waals surface area (Å²) in [5.74, 6) is 0.857. The molecular formula is C22H20ClN7O2S. The smallest absolute Gasteiger partial charge is 0.280 e. The number of nitrogens with one attached hydrogen (secondary N) is 3. The summed E-state index contributed by atoms with van der Waals surface area (Å²) < 4.78 is 30.0. The number of sulfonamides is 1. The molecule has 168 valence electrons. The Hall–Kier alpha value is -3.63. The molecule has 3 N–H and O–H groups in total. The zero-order chi connectivity index (χ0) is 23.0. The van der Waals surface area contributed by atoms with E-state index in [0.717, 1.165) is 22.5 Å². The lowest BCUT2D eigenvalue weighted by atomic mass is 10.0. The molecule has 0 unspecified atom stereocenters. The van der Waals surface area contributed by atoms with Crippen LogP contribution in [0.2, 0.25) is 5.02 Å². The van der Waals surface area contributed by atoms with Gasteiger partial charge in [-0.05, 0) is 54.3 Å². The highest BCUT2D eigenvalue weighted by Gasteiger charge is 2.19. The van der Waals surface area contributed by atoms with Crippen molar-refractivity contribution in [1.82, 2.24) is 19.5 Å². The van der Waals surface area contributed by atoms with E-state index in [1.54, 1.807) is 23.7 Å². The van der Waals surface area contributed by atoms with Crippen molar-refractivity contribution < 1.29 is 8.42 Å². The Morgan fingerprint density at radius 3 is 2.73 bits per heavy atom. The monoisotopic (exact) mass is 481 g/mol. The summed E-state index contributed by atoms with van der Waals surface area (Å²) in [5, 5.41) is 6.73. The van der Waals surface area contributed by atoms with Crippen LogP contribution in [0.3, 0.4) is 0 Å². The molecule has 0 saturated carbocycles. The van der Waals surface area contributed by atoms with Gasteiger partial charge in [0, 0.05) is 24.6 Å². The summed E-state index contributed by atoms with van der Waals surface area (Å²) >= 11 is 6.31. The van der Waals surface area contributed by atoms with Gasteiger partial charge < -0.3 is 15.2 Å². The lowest BCUT2D eigenvalue weighted by Crippen LogP contribution is -2.15. The first kappa shape index (κ1) is 21.2. The largest absolute Gasteiger partial charge is 0.339 e. The molecular weight excluding hydrogens is 462 g/mol. The number of fused-ring (bicyclic) bond motifs is 6. The van der Waals surface area contributed by atoms with Crippen molar-refractivity contribution in [2.24, 2.45) is 7.05 Å². The van der Waals surface area contributed by atoms with Gasteiger partial charge in [-0.25, -0.2) is 9.97 Å². The summed E-state index contributed by atoms with van der Waals surface area (Å²) in [6.07, 6.45) is 5.75. The van der Waals surface area contributed by atoms with E-state index in [0.29, 0.717) is 35.3 Å². The molecule has 0 radical (unpaired) electrons. The number of anilines is 5. The molecule has 33 heavy (non-hydrogen) atoms. The SMILES string of the molecule is Cn1cnc(S(=O)(=O)Nc2ccc3cc2CCc2cccc(c2)Nc2ncc(Cl)c(n2)N3)c1. The first-order valence-corrected chi connectivity index (χ1v) is 12.0. The maximum absolute atomic E-state index is 12.9. The lowest BCUT2D eigenvalue weighted by Gasteiger charge is -2.15. The van der Waals surface area contributed by atoms with Gasteiger partial charge >= 0.3 is 0 Å². The molecule has 0 amide bonds. The Morgan fingerprint density at radius 2 is 1.91 bits per heavy atom. The van der Waals surface area contributed by atoms with Crippen LogP contribution in [0.15, 0.2) is 66.2 Å². The number of aromatic nitrogens is 4. The van der Waals surface area contributed by atoms with Crippen molar-refractivity contribution in [2.75, 3.05) is 15.4 Å². The average molecular weight is 482 g/mol. The highest BCUT2D eigenvalue weighted by atomic mass is 35.5. The van der Waals surface area contributed by atoms with Crippen molar-refractivity contribution in [3.63, 3.8) is 0 Å². The normalized spacial score (nSPS) is 13.0. The maximum Gasteiger partial charge on any atom is 0.280 e. The molecule has 0 spiro atoms. The molecule has 6 bridgehead atoms. The molecule has 2 aromatic carbocycles. The number of nitrogens with zero attached hydrogens (tertiary/aromatic N) is 4. The quantitative estimate of drug-likeness (QED) is 0.400. The summed E-state index contributed by atoms with van der Waals surface area (Å²) in [5.41, 5.74) is 3.98. The van der Waals surface area contributed by atoms with E-state index in [1.165, 1.54) is 18.7 Å². The van der Waals surface area contributed by atoms with Crippen LogP contribution in [-0.4, -0.2) is 27.9 Å². The summed E-state index contributed by atoms with van der Waals surface area (Å²) in [6, 6.07) is 13.3. The second kappa shape index (κ2) is 8.38. The highest BCUT2D eigenvalue weighted by Crippen LogP contribution is 2.30. The molecule has 5 rings (SSSR count). The summed E-state index contributed by atoms with van der Waals surface area (Å²) in [6.45, 7) is 0. The van der Waals surface area contributed by atoms with Crippen molar-refractivity contribution in [3.05, 3.63) is 77.3 Å². The number of benzene rings is 2. The molecule has 11 heteroatoms. The topological polar surface area (TPSA) is 114 Å². The number of aryl methyl sites for hydroxylation is 3. The Labute approximate surface area is 195 Å². The summed E-state index contributed by atoms with van der Waals surface area (Å²) in [7, 11) is -2.11. The number of imidazole rings is 1. The van der Waals surface area contributed by atoms with Crippen LogP contribution in [0.4, 0.5) is 28.8 Å². The van der Waals surface area contributed by atoms with Gasteiger partial charge in [0.2, 0.25) is 5.95 Å². The van der Waals surface area contributed by atoms with E-state index in [-0.39, 0.29) is 5.03 Å². The molecule has 9 nitrogen and oxygen atoms in total. The summed E-state index contributed by atoms with van der Waals surface area (Å²) in [4.78, 5) is 12.7. The van der Waals surface area contributed by atoms with Crippen LogP contribution in [-0.2, 0) is 29.9 Å². The second-order valence-corrected chi connectivity index (χ2v) is 9.73. The van der Waals surface area contributed by atoms with Crippen LogP contribution >= 0.6 is 11.6 Å². The standard InChI is InChI=1S/C22H20ClN7O2S/c1-30-12-20(25-13-30)33(31,32)29-19-8-7-17-10-15(19)6-5-14-3-2-4-16(9-14)27-22-24-11-18(23)21(26-17)28-22/h2-4,7-13,29H,5-6H2,1H3,(H2,24,26,27,28). The van der Waals surface area contributed by atoms with Gasteiger partial charge in [0.05, 0.1) is 18.2 Å². The van der Waals surface area contributed by atoms with Crippen LogP contribution in [0.1, 0.15) is 11.1 Å². The van der Waals surface area contributed by atoms with Crippen molar-refractivity contribution in [2.45, 2.75) is 17.9 Å². The van der Waals surface area contributed by atoms with E-state index >= 15 is 0 Å². The predicted octanol–water partition coefficient (Wildman–Crippen LogP) is 4.25. The van der Waals surface area contributed by atoms with E-state index in [9.17, 15) is 8.42 Å². The van der Waals surface area contributed by atoms with Gasteiger partial charge in [-0.1, -0.05) is 23.7 Å². The first-order valence-electron chi connectivity index (χ1n) is 10.1. The molecule has 1 aliphatic heterocycles. The zero-order valence-electron chi connectivity index (χ0n) is 17.6. The third-order valence-corrected chi connectivity index (χ3v) is 6.71. The number of hydrogen-bond donors (Lipinski definition) is 3. The van der Waals surface area contributed by atoms with Crippen molar-refractivity contribution in [3.8, 4) is 0 Å². The zero-order valence-corrected chi connectivity index (χ0v) is 19.2. The van der Waals surface area contributed by atoms with Crippen LogP contribution in [0.25, 0.3) is 0 Å². The molecule has 2 aromatic heterocycles. The van der Waals surface area contributed by atoms with Crippen LogP contribution < -0.4 is 15.4 Å². The Morgan fingerprint density at radius 1 is 1.06 bits per heavy atom. The van der Waals surface area contributed by atoms with Gasteiger partial charge in [0.1, 0.15) is 5.02 Å². The fraction of sp³-hybridized carbons (Fsp3) is 0.136. The molecule has 3 heterocycles. The van der Waals surface area contributed by atoms with E-state index in [1.807, 2.05) is 30.3 Å². The van der Waals surface area contributed by atoms with Gasteiger partial charge in [0.15, 0.2) is 10.8 Å². The first-order chi connectivity index (χ1) is 15.9. The molecule has 1 aliphatic rings. The number of halogens is 1. The van der Waals surface area contributed by atoms with Crippen molar-refractivity contribution >= 4 is 50.5 Å². The van der Waals surface area contributed by atoms with Gasteiger partial charge in [0.25, 0.3) is 10.0 Å². The minimum absolute atomic E-state index is 0.0388. The Kier molecular flexibility index (Phi) is 5.39. The van der Waals surface area contributed by atoms with E-state index in [2.05, 4.69) is 30.3 Å². The van der Waals surface area contributed by atoms with Gasteiger partial charge in [-0.15, -0.1) is 0 Å². The van der Waals surface area contributed by atoms with E-state index < -0.39 is 10.0 Å². The Balaban J connectivity index is 1.56. The van der Waals surface area contributed by atoms with Gasteiger partial charge in [-0.2, -0.15) is 13.4 Å². The lowest BCUT2D eigenvalue weighted by molar-refractivity contribution is 0.598. The van der Waals surface area contributed by atoms with Crippen LogP contribution in [0.5, 0.6) is 0 Å². The fourth-order valence-corrected chi connectivity index (χ4v) is 4.79. The molecule has 0 saturated heterocycles. The Bertz CT molecular complexity index is 1450. The number of hydrogen-bond acceptors (Lipinski definition) is 7. The third kappa shape index (κ3) is 4.62. The highest BCUT2D eigenvalue weighted by molar-refractivity contribution is 7.92. The molecule has 4 aromatic rings. The third-order valence-electron chi connectivity index (χ3n) is 5.18. The number of rotatable bonds is 3. The van der Waals surface area contributed by atoms with Gasteiger partial charge in [-0.3, -0.25) is 4.72 Å². The molecule has 0 fully saturated rings. The fourth-order valence-electron chi connectivity index (χ4n) is 3.57.